The second kappa shape index (κ2) is 8.30. The van der Waals surface area contributed by atoms with Crippen LogP contribution < -0.4 is 20.7 Å². The molecule has 0 spiro atoms. The summed E-state index contributed by atoms with van der Waals surface area (Å²) in [7, 11) is 1.51. The van der Waals surface area contributed by atoms with E-state index in [0.717, 1.165) is 32.7 Å². The van der Waals surface area contributed by atoms with E-state index in [1.165, 1.54) is 13.3 Å². The number of pyridine rings is 1. The molecule has 3 N–H and O–H groups in total. The average Bonchev–Trinajstić information content (AvgIpc) is 2.56. The van der Waals surface area contributed by atoms with Gasteiger partial charge in [0.15, 0.2) is 0 Å². The fourth-order valence-corrected chi connectivity index (χ4v) is 2.11. The minimum absolute atomic E-state index is 0.443. The number of carbonyl (C=O) groups is 2. The molecule has 1 aromatic heterocycles. The number of piperazine rings is 1. The zero-order valence-corrected chi connectivity index (χ0v) is 12.6. The van der Waals surface area contributed by atoms with Gasteiger partial charge < -0.3 is 20.7 Å². The number of hydrogen-bond donors (Lipinski definition) is 3. The summed E-state index contributed by atoms with van der Waals surface area (Å²) < 4.78 is 4.92. The Morgan fingerprint density at radius 1 is 1.32 bits per heavy atom. The third-order valence-corrected chi connectivity index (χ3v) is 3.33. The van der Waals surface area contributed by atoms with Crippen molar-refractivity contribution in [2.24, 2.45) is 0 Å². The van der Waals surface area contributed by atoms with Crippen molar-refractivity contribution < 1.29 is 14.3 Å². The van der Waals surface area contributed by atoms with Crippen LogP contribution in [0.5, 0.6) is 5.88 Å². The molecule has 2 heterocycles. The van der Waals surface area contributed by atoms with Crippen LogP contribution in [0.3, 0.4) is 0 Å². The zero-order chi connectivity index (χ0) is 15.8. The van der Waals surface area contributed by atoms with Crippen molar-refractivity contribution in [3.8, 4) is 5.88 Å². The van der Waals surface area contributed by atoms with Crippen LogP contribution in [0.25, 0.3) is 0 Å². The Morgan fingerprint density at radius 3 is 2.73 bits per heavy atom. The summed E-state index contributed by atoms with van der Waals surface area (Å²) in [6.45, 7) is 5.02. The van der Waals surface area contributed by atoms with E-state index >= 15 is 0 Å². The third-order valence-electron chi connectivity index (χ3n) is 3.33. The normalized spacial score (nSPS) is 15.1. The molecule has 0 aliphatic carbocycles. The topological polar surface area (TPSA) is 95.6 Å². The predicted octanol–water partition coefficient (Wildman–Crippen LogP) is -0.950. The maximum atomic E-state index is 11.7. The van der Waals surface area contributed by atoms with Crippen LogP contribution in [0.15, 0.2) is 18.3 Å². The molecule has 0 unspecified atom stereocenters. The number of ether oxygens (including phenoxy) is 1. The summed E-state index contributed by atoms with van der Waals surface area (Å²) in [4.78, 5) is 29.6. The van der Waals surface area contributed by atoms with Gasteiger partial charge in [0.25, 0.3) is 0 Å². The average molecular weight is 307 g/mol. The van der Waals surface area contributed by atoms with Gasteiger partial charge in [0.1, 0.15) is 0 Å². The van der Waals surface area contributed by atoms with Crippen molar-refractivity contribution in [2.75, 3.05) is 51.7 Å². The Bertz CT molecular complexity index is 500. The summed E-state index contributed by atoms with van der Waals surface area (Å²) in [6, 6.07) is 3.23. The Kier molecular flexibility index (Phi) is 6.11. The molecule has 120 valence electrons. The van der Waals surface area contributed by atoms with E-state index in [1.807, 2.05) is 0 Å². The molecule has 22 heavy (non-hydrogen) atoms. The summed E-state index contributed by atoms with van der Waals surface area (Å²) in [5, 5.41) is 8.36. The lowest BCUT2D eigenvalue weighted by Crippen LogP contribution is -2.47. The SMILES string of the molecule is COc1ccc(NC(=O)C(=O)NCCN2CCNCC2)cn1. The van der Waals surface area contributed by atoms with Crippen molar-refractivity contribution in [3.63, 3.8) is 0 Å². The highest BCUT2D eigenvalue weighted by Crippen LogP contribution is 2.10. The third kappa shape index (κ3) is 4.97. The number of anilines is 1. The van der Waals surface area contributed by atoms with Crippen molar-refractivity contribution in [2.45, 2.75) is 0 Å². The van der Waals surface area contributed by atoms with Gasteiger partial charge in [-0.2, -0.15) is 0 Å². The van der Waals surface area contributed by atoms with E-state index in [2.05, 4.69) is 25.8 Å². The molecule has 1 aliphatic heterocycles. The van der Waals surface area contributed by atoms with Gasteiger partial charge in [0.05, 0.1) is 19.0 Å². The van der Waals surface area contributed by atoms with Gasteiger partial charge in [-0.1, -0.05) is 0 Å². The summed E-state index contributed by atoms with van der Waals surface area (Å²) in [5.74, 6) is -0.906. The number of nitrogens with zero attached hydrogens (tertiary/aromatic N) is 2. The Hall–Kier alpha value is -2.19. The van der Waals surface area contributed by atoms with Crippen LogP contribution in [-0.4, -0.2) is 68.1 Å². The lowest BCUT2D eigenvalue weighted by molar-refractivity contribution is -0.136. The van der Waals surface area contributed by atoms with E-state index in [9.17, 15) is 9.59 Å². The molecule has 0 atom stereocenters. The second-order valence-electron chi connectivity index (χ2n) is 4.89. The van der Waals surface area contributed by atoms with Gasteiger partial charge in [-0.05, 0) is 6.07 Å². The smallest absolute Gasteiger partial charge is 0.313 e. The lowest BCUT2D eigenvalue weighted by atomic mass is 10.3. The van der Waals surface area contributed by atoms with Crippen molar-refractivity contribution >= 4 is 17.5 Å². The largest absolute Gasteiger partial charge is 0.481 e. The lowest BCUT2D eigenvalue weighted by Gasteiger charge is -2.26. The molecule has 0 bridgehead atoms. The molecule has 1 aromatic rings. The summed E-state index contributed by atoms with van der Waals surface area (Å²) in [6.07, 6.45) is 1.44. The minimum Gasteiger partial charge on any atom is -0.481 e. The molecule has 2 amide bonds. The minimum atomic E-state index is -0.702. The van der Waals surface area contributed by atoms with Crippen molar-refractivity contribution in [1.29, 1.82) is 0 Å². The van der Waals surface area contributed by atoms with Gasteiger partial charge in [-0.25, -0.2) is 4.98 Å². The molecule has 1 aliphatic rings. The predicted molar refractivity (Wildman–Crippen MR) is 81.7 cm³/mol. The standard InChI is InChI=1S/C14H21N5O3/c1-22-12-3-2-11(10-17-12)18-14(21)13(20)16-6-9-19-7-4-15-5-8-19/h2-3,10,15H,4-9H2,1H3,(H,16,20)(H,18,21). The Balaban J connectivity index is 1.70. The number of rotatable bonds is 5. The fraction of sp³-hybridized carbons (Fsp3) is 0.500. The van der Waals surface area contributed by atoms with Gasteiger partial charge in [0, 0.05) is 45.3 Å². The van der Waals surface area contributed by atoms with E-state index < -0.39 is 11.8 Å². The highest BCUT2D eigenvalue weighted by Gasteiger charge is 2.14. The second-order valence-corrected chi connectivity index (χ2v) is 4.89. The molecule has 0 aromatic carbocycles. The number of nitrogens with one attached hydrogen (secondary N) is 3. The van der Waals surface area contributed by atoms with Crippen LogP contribution in [0.2, 0.25) is 0 Å². The molecular formula is C14H21N5O3. The number of hydrogen-bond acceptors (Lipinski definition) is 6. The van der Waals surface area contributed by atoms with E-state index in [4.69, 9.17) is 4.74 Å². The molecule has 2 rings (SSSR count). The quantitative estimate of drug-likeness (QED) is 0.607. The maximum Gasteiger partial charge on any atom is 0.313 e. The van der Waals surface area contributed by atoms with Gasteiger partial charge in [-0.15, -0.1) is 0 Å². The van der Waals surface area contributed by atoms with Crippen LogP contribution in [-0.2, 0) is 9.59 Å². The fourth-order valence-electron chi connectivity index (χ4n) is 2.11. The number of aromatic nitrogens is 1. The van der Waals surface area contributed by atoms with Crippen LogP contribution in [0, 0.1) is 0 Å². The first kappa shape index (κ1) is 16.2. The molecule has 8 heteroatoms. The first-order chi connectivity index (χ1) is 10.7. The van der Waals surface area contributed by atoms with E-state index in [0.29, 0.717) is 18.1 Å². The highest BCUT2D eigenvalue weighted by atomic mass is 16.5. The number of amides is 2. The van der Waals surface area contributed by atoms with Crippen LogP contribution >= 0.6 is 0 Å². The van der Waals surface area contributed by atoms with Gasteiger partial charge in [0.2, 0.25) is 5.88 Å². The first-order valence-electron chi connectivity index (χ1n) is 7.21. The summed E-state index contributed by atoms with van der Waals surface area (Å²) >= 11 is 0. The monoisotopic (exact) mass is 307 g/mol. The summed E-state index contributed by atoms with van der Waals surface area (Å²) in [5.41, 5.74) is 0.447. The van der Waals surface area contributed by atoms with Crippen molar-refractivity contribution in [1.82, 2.24) is 20.5 Å². The van der Waals surface area contributed by atoms with E-state index in [-0.39, 0.29) is 0 Å². The van der Waals surface area contributed by atoms with E-state index in [1.54, 1.807) is 12.1 Å². The van der Waals surface area contributed by atoms with Gasteiger partial charge in [-0.3, -0.25) is 14.5 Å². The van der Waals surface area contributed by atoms with Crippen LogP contribution in [0.4, 0.5) is 5.69 Å². The zero-order valence-electron chi connectivity index (χ0n) is 12.6. The first-order valence-corrected chi connectivity index (χ1v) is 7.21. The van der Waals surface area contributed by atoms with Crippen molar-refractivity contribution in [3.05, 3.63) is 18.3 Å². The Morgan fingerprint density at radius 2 is 2.09 bits per heavy atom. The molecule has 0 radical (unpaired) electrons. The molecular weight excluding hydrogens is 286 g/mol. The molecule has 1 fully saturated rings. The maximum absolute atomic E-state index is 11.7. The molecule has 1 saturated heterocycles. The van der Waals surface area contributed by atoms with Gasteiger partial charge >= 0.3 is 11.8 Å². The Labute approximate surface area is 129 Å². The number of methoxy groups -OCH3 is 1. The molecule has 8 nitrogen and oxygen atoms in total. The highest BCUT2D eigenvalue weighted by molar-refractivity contribution is 6.39. The number of carbonyl (C=O) groups excluding carboxylic acids is 2. The van der Waals surface area contributed by atoms with Crippen LogP contribution in [0.1, 0.15) is 0 Å². The molecule has 0 saturated carbocycles.